The first-order valence-corrected chi connectivity index (χ1v) is 6.49. The molecule has 100 valence electrons. The Hall–Kier alpha value is -1.34. The Kier molecular flexibility index (Phi) is 4.53. The molecule has 1 aromatic rings. The summed E-state index contributed by atoms with van der Waals surface area (Å²) in [5.74, 6) is -0.511. The molecule has 0 saturated heterocycles. The molecule has 0 aliphatic rings. The van der Waals surface area contributed by atoms with Gasteiger partial charge in [0.05, 0.1) is 0 Å². The molecule has 1 rings (SSSR count). The molecule has 3 nitrogen and oxygen atoms in total. The van der Waals surface area contributed by atoms with Crippen molar-refractivity contribution in [2.24, 2.45) is 0 Å². The zero-order valence-electron chi connectivity index (χ0n) is 9.31. The van der Waals surface area contributed by atoms with Gasteiger partial charge in [-0.2, -0.15) is 13.2 Å². The number of rotatable bonds is 5. The molecule has 1 atom stereocenters. The molecular formula is C11H12F3NO2S. The van der Waals surface area contributed by atoms with Crippen LogP contribution in [0.5, 0.6) is 0 Å². The summed E-state index contributed by atoms with van der Waals surface area (Å²) >= 11 is 0. The van der Waals surface area contributed by atoms with Crippen molar-refractivity contribution in [1.29, 1.82) is 0 Å². The predicted octanol–water partition coefficient (Wildman–Crippen LogP) is 2.40. The highest BCUT2D eigenvalue weighted by atomic mass is 32.2. The molecule has 18 heavy (non-hydrogen) atoms. The van der Waals surface area contributed by atoms with Crippen LogP contribution in [0.25, 0.3) is 0 Å². The molecule has 0 aliphatic heterocycles. The summed E-state index contributed by atoms with van der Waals surface area (Å²) in [6, 6.07) is 8.56. The van der Waals surface area contributed by atoms with Gasteiger partial charge in [0, 0.05) is 12.5 Å². The third-order valence-corrected chi connectivity index (χ3v) is 3.47. The van der Waals surface area contributed by atoms with E-state index in [0.29, 0.717) is 5.56 Å². The third kappa shape index (κ3) is 3.58. The molecule has 0 amide bonds. The topological polar surface area (TPSA) is 46.2 Å². The van der Waals surface area contributed by atoms with Crippen LogP contribution in [0.4, 0.5) is 13.2 Å². The summed E-state index contributed by atoms with van der Waals surface area (Å²) in [5, 5.41) is 0. The maximum absolute atomic E-state index is 12.1. The van der Waals surface area contributed by atoms with Gasteiger partial charge in [0.2, 0.25) is 0 Å². The van der Waals surface area contributed by atoms with Crippen LogP contribution in [0.1, 0.15) is 11.5 Å². The SMILES string of the molecule is C=CC(CNS(=O)(=O)C(F)(F)F)c1ccccc1. The molecule has 0 aliphatic carbocycles. The van der Waals surface area contributed by atoms with E-state index in [9.17, 15) is 21.6 Å². The fourth-order valence-corrected chi connectivity index (χ4v) is 1.88. The smallest absolute Gasteiger partial charge is 0.206 e. The summed E-state index contributed by atoms with van der Waals surface area (Å²) in [5.41, 5.74) is -4.60. The highest BCUT2D eigenvalue weighted by Gasteiger charge is 2.45. The number of alkyl halides is 3. The average molecular weight is 279 g/mol. The lowest BCUT2D eigenvalue weighted by Crippen LogP contribution is -2.38. The Morgan fingerprint density at radius 3 is 2.28 bits per heavy atom. The Labute approximate surface area is 103 Å². The Balaban J connectivity index is 2.76. The van der Waals surface area contributed by atoms with E-state index < -0.39 is 21.4 Å². The van der Waals surface area contributed by atoms with Crippen LogP contribution >= 0.6 is 0 Å². The van der Waals surface area contributed by atoms with Crippen LogP contribution in [-0.4, -0.2) is 20.5 Å². The van der Waals surface area contributed by atoms with Crippen LogP contribution in [0, 0.1) is 0 Å². The van der Waals surface area contributed by atoms with Crippen molar-refractivity contribution >= 4 is 10.0 Å². The first-order valence-electron chi connectivity index (χ1n) is 5.01. The van der Waals surface area contributed by atoms with Gasteiger partial charge in [-0.3, -0.25) is 0 Å². The largest absolute Gasteiger partial charge is 0.511 e. The molecule has 1 aromatic carbocycles. The van der Waals surface area contributed by atoms with E-state index in [-0.39, 0.29) is 6.54 Å². The normalized spacial score (nSPS) is 14.2. The number of nitrogens with one attached hydrogen (secondary N) is 1. The number of sulfonamides is 1. The van der Waals surface area contributed by atoms with Crippen molar-refractivity contribution in [3.8, 4) is 0 Å². The van der Waals surface area contributed by atoms with Crippen molar-refractivity contribution < 1.29 is 21.6 Å². The van der Waals surface area contributed by atoms with Gasteiger partial charge in [0.1, 0.15) is 0 Å². The molecule has 0 aromatic heterocycles. The van der Waals surface area contributed by atoms with Crippen LogP contribution in [0.3, 0.4) is 0 Å². The van der Waals surface area contributed by atoms with Gasteiger partial charge in [-0.1, -0.05) is 36.4 Å². The van der Waals surface area contributed by atoms with E-state index in [1.165, 1.54) is 10.8 Å². The van der Waals surface area contributed by atoms with E-state index in [2.05, 4.69) is 6.58 Å². The zero-order valence-corrected chi connectivity index (χ0v) is 10.1. The van der Waals surface area contributed by atoms with Gasteiger partial charge < -0.3 is 0 Å². The number of hydrogen-bond donors (Lipinski definition) is 1. The lowest BCUT2D eigenvalue weighted by molar-refractivity contribution is -0.0447. The minimum Gasteiger partial charge on any atom is -0.206 e. The molecule has 0 spiro atoms. The number of halogens is 3. The molecule has 1 unspecified atom stereocenters. The van der Waals surface area contributed by atoms with E-state index in [4.69, 9.17) is 0 Å². The zero-order chi connectivity index (χ0) is 13.8. The van der Waals surface area contributed by atoms with Gasteiger partial charge in [-0.15, -0.1) is 6.58 Å². The second-order valence-corrected chi connectivity index (χ2v) is 5.31. The van der Waals surface area contributed by atoms with Crippen molar-refractivity contribution in [2.45, 2.75) is 11.4 Å². The molecule has 0 heterocycles. The molecule has 7 heteroatoms. The van der Waals surface area contributed by atoms with Crippen LogP contribution < -0.4 is 4.72 Å². The highest BCUT2D eigenvalue weighted by molar-refractivity contribution is 7.90. The van der Waals surface area contributed by atoms with E-state index in [1.54, 1.807) is 30.3 Å². The van der Waals surface area contributed by atoms with Crippen molar-refractivity contribution in [1.82, 2.24) is 4.72 Å². The molecular weight excluding hydrogens is 267 g/mol. The molecule has 0 fully saturated rings. The summed E-state index contributed by atoms with van der Waals surface area (Å²) < 4.78 is 59.5. The summed E-state index contributed by atoms with van der Waals surface area (Å²) in [6.45, 7) is 3.10. The van der Waals surface area contributed by atoms with Crippen LogP contribution in [0.2, 0.25) is 0 Å². The number of hydrogen-bond acceptors (Lipinski definition) is 2. The predicted molar refractivity (Wildman–Crippen MR) is 62.4 cm³/mol. The van der Waals surface area contributed by atoms with Crippen molar-refractivity contribution in [3.63, 3.8) is 0 Å². The summed E-state index contributed by atoms with van der Waals surface area (Å²) in [6.07, 6.45) is 1.40. The van der Waals surface area contributed by atoms with Crippen molar-refractivity contribution in [3.05, 3.63) is 48.6 Å². The first kappa shape index (κ1) is 14.7. The lowest BCUT2D eigenvalue weighted by Gasteiger charge is -2.15. The molecule has 0 bridgehead atoms. The monoisotopic (exact) mass is 279 g/mol. The second kappa shape index (κ2) is 5.53. The maximum atomic E-state index is 12.1. The summed E-state index contributed by atoms with van der Waals surface area (Å²) in [7, 11) is -5.31. The average Bonchev–Trinajstić information content (AvgIpc) is 2.29. The fourth-order valence-electron chi connectivity index (χ4n) is 1.32. The standard InChI is InChI=1S/C11H12F3NO2S/c1-2-9(10-6-4-3-5-7-10)8-15-18(16,17)11(12,13)14/h2-7,9,15H,1,8H2. The van der Waals surface area contributed by atoms with Gasteiger partial charge in [0.25, 0.3) is 0 Å². The Morgan fingerprint density at radius 1 is 1.28 bits per heavy atom. The minimum absolute atomic E-state index is 0.380. The van der Waals surface area contributed by atoms with Gasteiger partial charge >= 0.3 is 15.5 Å². The molecule has 0 radical (unpaired) electrons. The number of benzene rings is 1. The third-order valence-electron chi connectivity index (χ3n) is 2.31. The van der Waals surface area contributed by atoms with Crippen LogP contribution in [-0.2, 0) is 10.0 Å². The van der Waals surface area contributed by atoms with Gasteiger partial charge in [0.15, 0.2) is 0 Å². The fraction of sp³-hybridized carbons (Fsp3) is 0.273. The van der Waals surface area contributed by atoms with E-state index in [0.717, 1.165) is 0 Å². The second-order valence-electron chi connectivity index (χ2n) is 3.55. The maximum Gasteiger partial charge on any atom is 0.511 e. The first-order chi connectivity index (χ1) is 8.28. The Bertz CT molecular complexity index is 497. The minimum atomic E-state index is -5.31. The quantitative estimate of drug-likeness (QED) is 0.841. The Morgan fingerprint density at radius 2 is 1.83 bits per heavy atom. The van der Waals surface area contributed by atoms with E-state index >= 15 is 0 Å². The van der Waals surface area contributed by atoms with E-state index in [1.807, 2.05) is 0 Å². The molecule has 1 N–H and O–H groups in total. The van der Waals surface area contributed by atoms with Crippen LogP contribution in [0.15, 0.2) is 43.0 Å². The molecule has 0 saturated carbocycles. The lowest BCUT2D eigenvalue weighted by atomic mass is 10.00. The van der Waals surface area contributed by atoms with Gasteiger partial charge in [-0.25, -0.2) is 13.1 Å². The van der Waals surface area contributed by atoms with Gasteiger partial charge in [-0.05, 0) is 5.56 Å². The van der Waals surface area contributed by atoms with Crippen molar-refractivity contribution in [2.75, 3.05) is 6.54 Å². The summed E-state index contributed by atoms with van der Waals surface area (Å²) in [4.78, 5) is 0. The highest BCUT2D eigenvalue weighted by Crippen LogP contribution is 2.23.